The van der Waals surface area contributed by atoms with E-state index in [9.17, 15) is 8.42 Å². The first-order chi connectivity index (χ1) is 10.1. The summed E-state index contributed by atoms with van der Waals surface area (Å²) in [6, 6.07) is 12.4. The second-order valence-corrected chi connectivity index (χ2v) is 6.43. The Morgan fingerprint density at radius 1 is 1.10 bits per heavy atom. The van der Waals surface area contributed by atoms with Gasteiger partial charge in [-0.25, -0.2) is 13.4 Å². The van der Waals surface area contributed by atoms with Crippen LogP contribution in [0, 0.1) is 0 Å². The zero-order chi connectivity index (χ0) is 14.4. The number of sulfonamides is 1. The van der Waals surface area contributed by atoms with E-state index in [1.165, 1.54) is 12.5 Å². The summed E-state index contributed by atoms with van der Waals surface area (Å²) in [4.78, 5) is 4.22. The van der Waals surface area contributed by atoms with Crippen LogP contribution in [-0.4, -0.2) is 13.4 Å². The maximum Gasteiger partial charge on any atom is 0.244 e. The summed E-state index contributed by atoms with van der Waals surface area (Å²) in [7, 11) is -3.61. The molecule has 3 aromatic rings. The number of oxazole rings is 1. The van der Waals surface area contributed by atoms with E-state index in [4.69, 9.17) is 4.42 Å². The fourth-order valence-corrected chi connectivity index (χ4v) is 3.76. The lowest BCUT2D eigenvalue weighted by Gasteiger charge is -2.28. The third-order valence-corrected chi connectivity index (χ3v) is 4.91. The smallest absolute Gasteiger partial charge is 0.244 e. The molecule has 21 heavy (non-hydrogen) atoms. The highest BCUT2D eigenvalue weighted by Crippen LogP contribution is 2.36. The number of nitrogens with one attached hydrogen (secondary N) is 2. The molecule has 0 bridgehead atoms. The van der Waals surface area contributed by atoms with Crippen LogP contribution in [0.2, 0.25) is 0 Å². The minimum absolute atomic E-state index is 0.166. The minimum Gasteiger partial charge on any atom is -0.441 e. The Morgan fingerprint density at radius 3 is 2.71 bits per heavy atom. The van der Waals surface area contributed by atoms with E-state index in [1.54, 1.807) is 6.07 Å². The summed E-state index contributed by atoms with van der Waals surface area (Å²) in [6.07, 6.45) is 0.762. The maximum atomic E-state index is 12.4. The molecule has 2 aromatic carbocycles. The third-order valence-electron chi connectivity index (χ3n) is 3.45. The van der Waals surface area contributed by atoms with Crippen molar-refractivity contribution in [1.29, 1.82) is 0 Å². The van der Waals surface area contributed by atoms with Crippen molar-refractivity contribution >= 4 is 26.8 Å². The number of hydrogen-bond acceptors (Lipinski definition) is 5. The zero-order valence-corrected chi connectivity index (χ0v) is 11.6. The first kappa shape index (κ1) is 12.4. The Labute approximate surface area is 120 Å². The number of hydrogen-bond donors (Lipinski definition) is 2. The molecule has 0 fully saturated rings. The summed E-state index contributed by atoms with van der Waals surface area (Å²) in [5.74, 6) is 0. The number of anilines is 1. The van der Waals surface area contributed by atoms with E-state index in [-0.39, 0.29) is 4.90 Å². The molecule has 1 unspecified atom stereocenters. The summed E-state index contributed by atoms with van der Waals surface area (Å²) >= 11 is 0. The van der Waals surface area contributed by atoms with Crippen LogP contribution in [0.15, 0.2) is 58.2 Å². The monoisotopic (exact) mass is 301 g/mol. The van der Waals surface area contributed by atoms with Crippen molar-refractivity contribution < 1.29 is 12.8 Å². The van der Waals surface area contributed by atoms with Crippen molar-refractivity contribution in [2.24, 2.45) is 0 Å². The van der Waals surface area contributed by atoms with Crippen LogP contribution in [0.25, 0.3) is 11.1 Å². The van der Waals surface area contributed by atoms with Crippen LogP contribution in [0.4, 0.5) is 5.69 Å². The zero-order valence-electron chi connectivity index (χ0n) is 10.8. The van der Waals surface area contributed by atoms with Gasteiger partial charge in [0.1, 0.15) is 22.3 Å². The molecule has 7 heteroatoms. The number of benzene rings is 2. The van der Waals surface area contributed by atoms with Crippen LogP contribution < -0.4 is 10.0 Å². The molecule has 6 nitrogen and oxygen atoms in total. The van der Waals surface area contributed by atoms with Crippen molar-refractivity contribution in [3.63, 3.8) is 0 Å². The van der Waals surface area contributed by atoms with E-state index < -0.39 is 16.2 Å². The van der Waals surface area contributed by atoms with E-state index >= 15 is 0 Å². The highest BCUT2D eigenvalue weighted by molar-refractivity contribution is 7.89. The number of fused-ring (bicyclic) bond motifs is 3. The highest BCUT2D eigenvalue weighted by atomic mass is 32.2. The molecule has 0 spiro atoms. The van der Waals surface area contributed by atoms with E-state index in [0.29, 0.717) is 16.8 Å². The van der Waals surface area contributed by atoms with Gasteiger partial charge in [0.25, 0.3) is 0 Å². The normalized spacial score (nSPS) is 19.9. The van der Waals surface area contributed by atoms with Gasteiger partial charge in [-0.2, -0.15) is 4.72 Å². The Morgan fingerprint density at radius 2 is 1.90 bits per heavy atom. The molecule has 1 atom stereocenters. The second-order valence-electron chi connectivity index (χ2n) is 4.75. The number of nitrogens with zero attached hydrogens (tertiary/aromatic N) is 1. The van der Waals surface area contributed by atoms with E-state index in [2.05, 4.69) is 15.0 Å². The van der Waals surface area contributed by atoms with Gasteiger partial charge in [0.2, 0.25) is 10.0 Å². The molecule has 0 saturated carbocycles. The Hall–Kier alpha value is -2.38. The summed E-state index contributed by atoms with van der Waals surface area (Å²) in [5.41, 5.74) is 2.32. The van der Waals surface area contributed by atoms with Crippen molar-refractivity contribution in [2.45, 2.75) is 11.1 Å². The number of aromatic nitrogens is 1. The largest absolute Gasteiger partial charge is 0.441 e. The second kappa shape index (κ2) is 4.31. The molecule has 1 aliphatic heterocycles. The van der Waals surface area contributed by atoms with Gasteiger partial charge in [0.15, 0.2) is 12.0 Å². The lowest BCUT2D eigenvalue weighted by molar-refractivity contribution is 0.559. The van der Waals surface area contributed by atoms with Gasteiger partial charge < -0.3 is 9.73 Å². The maximum absolute atomic E-state index is 12.4. The molecular formula is C14H11N3O3S. The minimum atomic E-state index is -3.61. The summed E-state index contributed by atoms with van der Waals surface area (Å²) < 4.78 is 32.8. The molecule has 106 valence electrons. The van der Waals surface area contributed by atoms with Crippen molar-refractivity contribution in [3.8, 4) is 0 Å². The van der Waals surface area contributed by atoms with Crippen molar-refractivity contribution in [2.75, 3.05) is 5.32 Å². The molecule has 2 N–H and O–H groups in total. The van der Waals surface area contributed by atoms with Gasteiger partial charge in [0.05, 0.1) is 0 Å². The van der Waals surface area contributed by atoms with E-state index in [1.807, 2.05) is 30.3 Å². The fraction of sp³-hybridized carbons (Fsp3) is 0.0714. The molecule has 0 radical (unpaired) electrons. The van der Waals surface area contributed by atoms with Gasteiger partial charge in [-0.3, -0.25) is 0 Å². The van der Waals surface area contributed by atoms with Gasteiger partial charge >= 0.3 is 0 Å². The van der Waals surface area contributed by atoms with Gasteiger partial charge in [-0.15, -0.1) is 0 Å². The average Bonchev–Trinajstić information content (AvgIpc) is 2.96. The fourth-order valence-electron chi connectivity index (χ4n) is 2.46. The van der Waals surface area contributed by atoms with Gasteiger partial charge in [0, 0.05) is 0 Å². The van der Waals surface area contributed by atoms with Crippen LogP contribution in [0.1, 0.15) is 11.7 Å². The summed E-state index contributed by atoms with van der Waals surface area (Å²) in [6.45, 7) is 0. The van der Waals surface area contributed by atoms with Gasteiger partial charge in [-0.05, 0) is 17.7 Å². The lowest BCUT2D eigenvalue weighted by Crippen LogP contribution is -2.38. The highest BCUT2D eigenvalue weighted by Gasteiger charge is 2.32. The molecule has 2 heterocycles. The first-order valence-electron chi connectivity index (χ1n) is 6.35. The first-order valence-corrected chi connectivity index (χ1v) is 7.83. The lowest BCUT2D eigenvalue weighted by atomic mass is 10.1. The molecule has 0 aliphatic carbocycles. The number of rotatable bonds is 1. The van der Waals surface area contributed by atoms with Crippen molar-refractivity contribution in [1.82, 2.24) is 9.71 Å². The topological polar surface area (TPSA) is 84.2 Å². The molecule has 4 rings (SSSR count). The predicted molar refractivity (Wildman–Crippen MR) is 77.1 cm³/mol. The van der Waals surface area contributed by atoms with Crippen molar-refractivity contribution in [3.05, 3.63) is 54.4 Å². The molecule has 0 saturated heterocycles. The molecule has 1 aliphatic rings. The third kappa shape index (κ3) is 1.90. The predicted octanol–water partition coefficient (Wildman–Crippen LogP) is 2.23. The van der Waals surface area contributed by atoms with Crippen LogP contribution in [0.3, 0.4) is 0 Å². The summed E-state index contributed by atoms with van der Waals surface area (Å²) in [5, 5.41) is 3.17. The quantitative estimate of drug-likeness (QED) is 0.720. The molecule has 1 aromatic heterocycles. The van der Waals surface area contributed by atoms with Gasteiger partial charge in [-0.1, -0.05) is 30.3 Å². The standard InChI is InChI=1S/C14H11N3O3S/c18-21(19)11-7-6-10-13(20-8-15-10)12(11)16-14(17-21)9-4-2-1-3-5-9/h1-8,14,16-17H. The van der Waals surface area contributed by atoms with E-state index in [0.717, 1.165) is 5.56 Å². The van der Waals surface area contributed by atoms with Crippen LogP contribution in [0.5, 0.6) is 0 Å². The van der Waals surface area contributed by atoms with Crippen LogP contribution >= 0.6 is 0 Å². The average molecular weight is 301 g/mol. The SMILES string of the molecule is O=S1(=O)NC(c2ccccc2)Nc2c1ccc1ncoc21. The Bertz CT molecular complexity index is 919. The Balaban J connectivity index is 1.92. The molecule has 0 amide bonds. The van der Waals surface area contributed by atoms with Crippen LogP contribution in [-0.2, 0) is 10.0 Å². The molecular weight excluding hydrogens is 290 g/mol. The Kier molecular flexibility index (Phi) is 2.54.